The first-order valence-electron chi connectivity index (χ1n) is 12.3. The summed E-state index contributed by atoms with van der Waals surface area (Å²) in [5.74, 6) is -0.530. The number of benzene rings is 3. The predicted molar refractivity (Wildman–Crippen MR) is 142 cm³/mol. The first kappa shape index (κ1) is 26.8. The minimum atomic E-state index is -1.89. The Hall–Kier alpha value is -4.28. The number of nitrogens with one attached hydrogen (secondary N) is 1. The molecule has 0 radical (unpaired) electrons. The van der Waals surface area contributed by atoms with Crippen molar-refractivity contribution in [1.29, 1.82) is 0 Å². The van der Waals surface area contributed by atoms with Crippen molar-refractivity contribution in [1.82, 2.24) is 10.2 Å². The van der Waals surface area contributed by atoms with E-state index in [4.69, 9.17) is 4.74 Å². The summed E-state index contributed by atoms with van der Waals surface area (Å²) in [5.41, 5.74) is 2.82. The molecular weight excluding hydrogens is 488 g/mol. The molecule has 1 aliphatic heterocycles. The van der Waals surface area contributed by atoms with Crippen LogP contribution in [-0.4, -0.2) is 65.3 Å². The average molecular weight is 519 g/mol. The molecule has 1 fully saturated rings. The Balaban J connectivity index is 1.24. The second-order valence-corrected chi connectivity index (χ2v) is 9.04. The third kappa shape index (κ3) is 6.53. The largest absolute Gasteiger partial charge is 0.457 e. The van der Waals surface area contributed by atoms with E-state index in [0.29, 0.717) is 43.4 Å². The number of amides is 2. The molecule has 10 heteroatoms. The molecule has 3 N–H and O–H groups in total. The molecule has 0 saturated carbocycles. The Morgan fingerprint density at radius 1 is 0.921 bits per heavy atom. The first-order chi connectivity index (χ1) is 18.4. The number of aliphatic hydroxyl groups is 2. The van der Waals surface area contributed by atoms with Gasteiger partial charge in [0, 0.05) is 44.5 Å². The second-order valence-electron chi connectivity index (χ2n) is 9.04. The first-order valence-corrected chi connectivity index (χ1v) is 12.3. The summed E-state index contributed by atoms with van der Waals surface area (Å²) < 4.78 is 5.74. The molecule has 10 nitrogen and oxygen atoms in total. The van der Waals surface area contributed by atoms with Crippen molar-refractivity contribution in [3.05, 3.63) is 88.8 Å². The van der Waals surface area contributed by atoms with Crippen LogP contribution in [0, 0.1) is 11.8 Å². The third-order valence-electron chi connectivity index (χ3n) is 6.44. The number of nitroso groups, excluding NO2 is 1. The van der Waals surface area contributed by atoms with Crippen LogP contribution in [0.3, 0.4) is 0 Å². The molecule has 0 aromatic heterocycles. The number of carbonyl (C=O) groups excluding carboxylic acids is 2. The minimum absolute atomic E-state index is 0.0799. The number of carbonyl (C=O) groups is 2. The summed E-state index contributed by atoms with van der Waals surface area (Å²) in [4.78, 5) is 39.6. The molecule has 1 aliphatic rings. The van der Waals surface area contributed by atoms with Gasteiger partial charge in [-0.2, -0.15) is 0 Å². The lowest BCUT2D eigenvalue weighted by Crippen LogP contribution is -2.55. The van der Waals surface area contributed by atoms with Gasteiger partial charge in [-0.05, 0) is 53.6 Å². The summed E-state index contributed by atoms with van der Waals surface area (Å²) in [5, 5.41) is 26.2. The summed E-state index contributed by atoms with van der Waals surface area (Å²) in [7, 11) is 0. The fourth-order valence-corrected chi connectivity index (χ4v) is 4.15. The molecule has 0 bridgehead atoms. The van der Waals surface area contributed by atoms with Gasteiger partial charge in [0.2, 0.25) is 0 Å². The third-order valence-corrected chi connectivity index (χ3v) is 6.44. The highest BCUT2D eigenvalue weighted by Gasteiger charge is 2.34. The zero-order chi connectivity index (χ0) is 27.1. The van der Waals surface area contributed by atoms with Crippen LogP contribution >= 0.6 is 0 Å². The number of aryl methyl sites for hydroxylation is 1. The van der Waals surface area contributed by atoms with E-state index in [0.717, 1.165) is 16.8 Å². The molecule has 0 aliphatic carbocycles. The summed E-state index contributed by atoms with van der Waals surface area (Å²) >= 11 is 0. The van der Waals surface area contributed by atoms with Gasteiger partial charge in [-0.25, -0.2) is 0 Å². The number of nitrogens with zero attached hydrogens (tertiary/aromatic N) is 3. The summed E-state index contributed by atoms with van der Waals surface area (Å²) in [6.45, 7) is 3.79. The van der Waals surface area contributed by atoms with E-state index in [1.54, 1.807) is 49.4 Å². The maximum atomic E-state index is 12.7. The van der Waals surface area contributed by atoms with Gasteiger partial charge in [0.25, 0.3) is 11.8 Å². The van der Waals surface area contributed by atoms with Gasteiger partial charge in [-0.15, -0.1) is 4.91 Å². The van der Waals surface area contributed by atoms with Crippen molar-refractivity contribution >= 4 is 23.2 Å². The molecule has 1 heterocycles. The Kier molecular flexibility index (Phi) is 8.67. The Bertz CT molecular complexity index is 1260. The van der Waals surface area contributed by atoms with Gasteiger partial charge in [0.05, 0.1) is 0 Å². The van der Waals surface area contributed by atoms with Crippen LogP contribution in [0.15, 0.2) is 78.0 Å². The molecule has 3 aromatic rings. The van der Waals surface area contributed by atoms with Gasteiger partial charge in [0.1, 0.15) is 17.2 Å². The molecule has 198 valence electrons. The van der Waals surface area contributed by atoms with E-state index in [1.165, 1.54) is 4.90 Å². The number of rotatable bonds is 9. The molecule has 2 amide bonds. The van der Waals surface area contributed by atoms with E-state index < -0.39 is 24.0 Å². The van der Waals surface area contributed by atoms with Gasteiger partial charge in [-0.1, -0.05) is 36.4 Å². The average Bonchev–Trinajstić information content (AvgIpc) is 2.97. The van der Waals surface area contributed by atoms with Crippen LogP contribution in [0.5, 0.6) is 11.5 Å². The molecule has 1 saturated heterocycles. The van der Waals surface area contributed by atoms with Crippen molar-refractivity contribution in [3.8, 4) is 11.5 Å². The number of hydrogen-bond donors (Lipinski definition) is 3. The Morgan fingerprint density at radius 2 is 1.58 bits per heavy atom. The predicted octanol–water partition coefficient (Wildman–Crippen LogP) is 2.87. The second kappa shape index (κ2) is 12.3. The number of piperazine rings is 1. The van der Waals surface area contributed by atoms with Crippen molar-refractivity contribution in [2.45, 2.75) is 25.7 Å². The molecular formula is C28H30N4O6. The van der Waals surface area contributed by atoms with Crippen LogP contribution in [0.4, 0.5) is 11.4 Å². The maximum Gasteiger partial charge on any atom is 0.254 e. The zero-order valence-electron chi connectivity index (χ0n) is 21.0. The number of aliphatic hydroxyl groups excluding tert-OH is 2. The number of anilines is 1. The van der Waals surface area contributed by atoms with Crippen molar-refractivity contribution in [3.63, 3.8) is 0 Å². The van der Waals surface area contributed by atoms with E-state index >= 15 is 0 Å². The lowest BCUT2D eigenvalue weighted by molar-refractivity contribution is -0.153. The Morgan fingerprint density at radius 3 is 2.24 bits per heavy atom. The maximum absolute atomic E-state index is 12.7. The molecule has 3 aromatic carbocycles. The lowest BCUT2D eigenvalue weighted by atomic mass is 10.1. The lowest BCUT2D eigenvalue weighted by Gasteiger charge is -2.37. The van der Waals surface area contributed by atoms with Crippen LogP contribution in [0.25, 0.3) is 0 Å². The smallest absolute Gasteiger partial charge is 0.254 e. The summed E-state index contributed by atoms with van der Waals surface area (Å²) in [6, 6.07) is 21.7. The molecule has 2 atom stereocenters. The minimum Gasteiger partial charge on any atom is -0.457 e. The molecule has 4 rings (SSSR count). The van der Waals surface area contributed by atoms with E-state index in [1.807, 2.05) is 30.3 Å². The van der Waals surface area contributed by atoms with Crippen LogP contribution in [0.1, 0.15) is 11.1 Å². The van der Waals surface area contributed by atoms with E-state index in [-0.39, 0.29) is 6.54 Å². The van der Waals surface area contributed by atoms with Gasteiger partial charge >= 0.3 is 0 Å². The molecule has 38 heavy (non-hydrogen) atoms. The van der Waals surface area contributed by atoms with Gasteiger partial charge < -0.3 is 30.1 Å². The van der Waals surface area contributed by atoms with Gasteiger partial charge in [0.15, 0.2) is 12.2 Å². The van der Waals surface area contributed by atoms with Crippen LogP contribution < -0.4 is 15.0 Å². The number of hydrogen-bond acceptors (Lipinski definition) is 8. The SMILES string of the molecule is Cc1ccc(Oc2ccc(CNC(=O)[C@H](O)[C@@H](O)C(=O)N3CCN(c4ccccc4)CC3)cc2)cc1N=O. The van der Waals surface area contributed by atoms with Crippen molar-refractivity contribution in [2.75, 3.05) is 31.1 Å². The van der Waals surface area contributed by atoms with Crippen LogP contribution in [-0.2, 0) is 16.1 Å². The quantitative estimate of drug-likeness (QED) is 0.371. The standard InChI is InChI=1S/C28H30N4O6/c1-19-7-10-23(17-24(19)30-37)38-22-11-8-20(9-12-22)18-29-27(35)25(33)26(34)28(36)32-15-13-31(14-16-32)21-5-3-2-4-6-21/h2-12,17,25-26,33-34H,13-16,18H2,1H3,(H,29,35)/t25-,26-/m1/s1. The van der Waals surface area contributed by atoms with Crippen molar-refractivity contribution in [2.24, 2.45) is 5.18 Å². The molecule has 0 spiro atoms. The van der Waals surface area contributed by atoms with Crippen LogP contribution in [0.2, 0.25) is 0 Å². The highest BCUT2D eigenvalue weighted by Crippen LogP contribution is 2.28. The normalized spacial score (nSPS) is 14.9. The zero-order valence-corrected chi connectivity index (χ0v) is 21.0. The highest BCUT2D eigenvalue weighted by molar-refractivity contribution is 5.90. The number of para-hydroxylation sites is 1. The van der Waals surface area contributed by atoms with E-state index in [2.05, 4.69) is 15.4 Å². The number of ether oxygens (including phenoxy) is 1. The highest BCUT2D eigenvalue weighted by atomic mass is 16.5. The van der Waals surface area contributed by atoms with Gasteiger partial charge in [-0.3, -0.25) is 9.59 Å². The summed E-state index contributed by atoms with van der Waals surface area (Å²) in [6.07, 6.45) is -3.74. The fourth-order valence-electron chi connectivity index (χ4n) is 4.15. The van der Waals surface area contributed by atoms with E-state index in [9.17, 15) is 24.7 Å². The monoisotopic (exact) mass is 518 g/mol. The Labute approximate surface area is 220 Å². The topological polar surface area (TPSA) is 132 Å². The molecule has 0 unspecified atom stereocenters. The fraction of sp³-hybridized carbons (Fsp3) is 0.286. The van der Waals surface area contributed by atoms with Crippen molar-refractivity contribution < 1.29 is 24.5 Å².